The molecule has 1 aliphatic carbocycles. The zero-order valence-electron chi connectivity index (χ0n) is 14.8. The van der Waals surface area contributed by atoms with Crippen LogP contribution in [0.4, 0.5) is 5.95 Å². The van der Waals surface area contributed by atoms with Crippen LogP contribution in [0.5, 0.6) is 0 Å². The van der Waals surface area contributed by atoms with Crippen molar-refractivity contribution in [1.82, 2.24) is 24.9 Å². The lowest BCUT2D eigenvalue weighted by Crippen LogP contribution is -2.25. The van der Waals surface area contributed by atoms with Crippen molar-refractivity contribution in [2.75, 3.05) is 5.73 Å². The van der Waals surface area contributed by atoms with Gasteiger partial charge in [-0.2, -0.15) is 4.52 Å². The molecule has 0 aliphatic heterocycles. The highest BCUT2D eigenvalue weighted by molar-refractivity contribution is 5.57. The van der Waals surface area contributed by atoms with Gasteiger partial charge >= 0.3 is 0 Å². The molecule has 4 aromatic rings. The van der Waals surface area contributed by atoms with E-state index in [-0.39, 0.29) is 0 Å². The molecule has 0 fully saturated rings. The number of nitrogens with zero attached hydrogens (tertiary/aromatic N) is 4. The summed E-state index contributed by atoms with van der Waals surface area (Å²) in [6, 6.07) is 12.6. The predicted molar refractivity (Wildman–Crippen MR) is 102 cm³/mol. The van der Waals surface area contributed by atoms with Gasteiger partial charge in [0.1, 0.15) is 0 Å². The third-order valence-corrected chi connectivity index (χ3v) is 5.11. The molecular formula is C20H20N6O. The molecule has 3 N–H and O–H groups in total. The van der Waals surface area contributed by atoms with Gasteiger partial charge in [-0.1, -0.05) is 24.3 Å². The molecule has 27 heavy (non-hydrogen) atoms. The molecule has 136 valence electrons. The lowest BCUT2D eigenvalue weighted by molar-refractivity contribution is 0.459. The van der Waals surface area contributed by atoms with Gasteiger partial charge in [-0.25, -0.2) is 9.97 Å². The monoisotopic (exact) mass is 360 g/mol. The lowest BCUT2D eigenvalue weighted by Gasteiger charge is -2.26. The summed E-state index contributed by atoms with van der Waals surface area (Å²) < 4.78 is 6.98. The molecule has 5 rings (SSSR count). The minimum atomic E-state index is 0.307. The highest BCUT2D eigenvalue weighted by atomic mass is 16.3. The molecule has 0 saturated heterocycles. The number of rotatable bonds is 4. The Balaban J connectivity index is 1.45. The van der Waals surface area contributed by atoms with Gasteiger partial charge in [0.25, 0.3) is 0 Å². The summed E-state index contributed by atoms with van der Waals surface area (Å²) in [6.07, 6.45) is 6.84. The molecule has 0 bridgehead atoms. The normalized spacial score (nSPS) is 16.5. The number of nitrogen functional groups attached to an aromatic ring is 1. The van der Waals surface area contributed by atoms with Crippen molar-refractivity contribution < 1.29 is 4.42 Å². The second kappa shape index (κ2) is 6.51. The van der Waals surface area contributed by atoms with Crippen LogP contribution in [-0.2, 0) is 13.0 Å². The maximum absolute atomic E-state index is 5.99. The van der Waals surface area contributed by atoms with Crippen molar-refractivity contribution in [2.45, 2.75) is 31.8 Å². The van der Waals surface area contributed by atoms with Crippen LogP contribution in [0.15, 0.2) is 53.3 Å². The number of nitrogens with two attached hydrogens (primary N) is 1. The Bertz CT molecular complexity index is 1090. The van der Waals surface area contributed by atoms with Gasteiger partial charge in [-0.15, -0.1) is 5.10 Å². The second-order valence-corrected chi connectivity index (χ2v) is 6.81. The highest BCUT2D eigenvalue weighted by Gasteiger charge is 2.20. The molecule has 3 heterocycles. The zero-order valence-corrected chi connectivity index (χ0v) is 14.8. The van der Waals surface area contributed by atoms with E-state index >= 15 is 0 Å². The fourth-order valence-electron chi connectivity index (χ4n) is 3.77. The second-order valence-electron chi connectivity index (χ2n) is 6.81. The van der Waals surface area contributed by atoms with Gasteiger partial charge in [0.05, 0.1) is 6.26 Å². The highest BCUT2D eigenvalue weighted by Crippen LogP contribution is 2.30. The van der Waals surface area contributed by atoms with Crippen LogP contribution in [0, 0.1) is 0 Å². The van der Waals surface area contributed by atoms with E-state index < -0.39 is 0 Å². The number of fused-ring (bicyclic) bond motifs is 2. The molecular weight excluding hydrogens is 340 g/mol. The Morgan fingerprint density at radius 3 is 3.04 bits per heavy atom. The zero-order chi connectivity index (χ0) is 18.2. The molecule has 7 nitrogen and oxygen atoms in total. The number of benzene rings is 1. The average molecular weight is 360 g/mol. The molecule has 1 aliphatic rings. The van der Waals surface area contributed by atoms with E-state index in [1.165, 1.54) is 17.5 Å². The standard InChI is InChI=1S/C20H20N6O/c21-20-23-12-14(19-24-18(25-26(19)20)17-9-4-10-27-17)11-22-16-8-3-6-13-5-1-2-7-15(13)16/h1-2,4-5,7,9-10,12,16,22H,3,6,8,11H2,(H2,21,23). The fourth-order valence-corrected chi connectivity index (χ4v) is 3.77. The van der Waals surface area contributed by atoms with Gasteiger partial charge in [-0.3, -0.25) is 0 Å². The first-order chi connectivity index (χ1) is 13.3. The lowest BCUT2D eigenvalue weighted by atomic mass is 9.88. The Morgan fingerprint density at radius 1 is 1.22 bits per heavy atom. The van der Waals surface area contributed by atoms with Crippen LogP contribution >= 0.6 is 0 Å². The maximum atomic E-state index is 5.99. The summed E-state index contributed by atoms with van der Waals surface area (Å²) >= 11 is 0. The number of aromatic nitrogens is 4. The van der Waals surface area contributed by atoms with E-state index in [0.717, 1.165) is 18.4 Å². The van der Waals surface area contributed by atoms with Crippen molar-refractivity contribution in [2.24, 2.45) is 0 Å². The Morgan fingerprint density at radius 2 is 2.15 bits per heavy atom. The number of hydrogen-bond donors (Lipinski definition) is 2. The first kappa shape index (κ1) is 16.0. The van der Waals surface area contributed by atoms with Gasteiger partial charge in [0.2, 0.25) is 11.8 Å². The Labute approximate surface area is 156 Å². The minimum absolute atomic E-state index is 0.307. The molecule has 0 radical (unpaired) electrons. The van der Waals surface area contributed by atoms with Crippen molar-refractivity contribution >= 4 is 11.6 Å². The topological polar surface area (TPSA) is 94.3 Å². The Hall–Kier alpha value is -3.19. The molecule has 0 amide bonds. The predicted octanol–water partition coefficient (Wildman–Crippen LogP) is 3.13. The summed E-state index contributed by atoms with van der Waals surface area (Å²) in [7, 11) is 0. The average Bonchev–Trinajstić information content (AvgIpc) is 3.38. The van der Waals surface area contributed by atoms with Crippen LogP contribution in [0.3, 0.4) is 0 Å². The van der Waals surface area contributed by atoms with Gasteiger partial charge in [0.15, 0.2) is 11.4 Å². The van der Waals surface area contributed by atoms with Crippen molar-refractivity contribution in [3.8, 4) is 11.6 Å². The van der Waals surface area contributed by atoms with Crippen molar-refractivity contribution in [3.05, 3.63) is 65.5 Å². The molecule has 1 atom stereocenters. The van der Waals surface area contributed by atoms with E-state index in [0.29, 0.717) is 35.8 Å². The van der Waals surface area contributed by atoms with Crippen molar-refractivity contribution in [1.29, 1.82) is 0 Å². The van der Waals surface area contributed by atoms with E-state index in [1.807, 2.05) is 12.1 Å². The quantitative estimate of drug-likeness (QED) is 0.581. The van der Waals surface area contributed by atoms with Crippen LogP contribution in [0.25, 0.3) is 17.2 Å². The fraction of sp³-hybridized carbons (Fsp3) is 0.250. The molecule has 0 spiro atoms. The van der Waals surface area contributed by atoms with Crippen LogP contribution in [-0.4, -0.2) is 19.6 Å². The molecule has 0 saturated carbocycles. The summed E-state index contributed by atoms with van der Waals surface area (Å²) in [4.78, 5) is 8.90. The molecule has 7 heteroatoms. The number of hydrogen-bond acceptors (Lipinski definition) is 6. The smallest absolute Gasteiger partial charge is 0.223 e. The third kappa shape index (κ3) is 2.86. The van der Waals surface area contributed by atoms with Crippen LogP contribution in [0.2, 0.25) is 0 Å². The maximum Gasteiger partial charge on any atom is 0.223 e. The van der Waals surface area contributed by atoms with Gasteiger partial charge < -0.3 is 15.5 Å². The first-order valence-electron chi connectivity index (χ1n) is 9.15. The summed E-state index contributed by atoms with van der Waals surface area (Å²) in [6.45, 7) is 0.645. The molecule has 1 aromatic carbocycles. The van der Waals surface area contributed by atoms with Gasteiger partial charge in [-0.05, 0) is 42.5 Å². The number of furan rings is 1. The number of nitrogens with one attached hydrogen (secondary N) is 1. The van der Waals surface area contributed by atoms with E-state index in [9.17, 15) is 0 Å². The van der Waals surface area contributed by atoms with Gasteiger partial charge in [0, 0.05) is 24.3 Å². The summed E-state index contributed by atoms with van der Waals surface area (Å²) in [5.41, 5.74) is 10.5. The SMILES string of the molecule is Nc1ncc(CNC2CCCc3ccccc32)c2nc(-c3ccco3)nn12. The van der Waals surface area contributed by atoms with E-state index in [4.69, 9.17) is 10.2 Å². The van der Waals surface area contributed by atoms with Crippen LogP contribution in [0.1, 0.15) is 35.6 Å². The molecule has 3 aromatic heterocycles. The van der Waals surface area contributed by atoms with Crippen LogP contribution < -0.4 is 11.1 Å². The molecule has 1 unspecified atom stereocenters. The van der Waals surface area contributed by atoms with E-state index in [2.05, 4.69) is 44.6 Å². The third-order valence-electron chi connectivity index (χ3n) is 5.11. The minimum Gasteiger partial charge on any atom is -0.461 e. The number of anilines is 1. The largest absolute Gasteiger partial charge is 0.461 e. The van der Waals surface area contributed by atoms with Crippen molar-refractivity contribution in [3.63, 3.8) is 0 Å². The summed E-state index contributed by atoms with van der Waals surface area (Å²) in [5.74, 6) is 1.42. The Kier molecular flexibility index (Phi) is 3.86. The summed E-state index contributed by atoms with van der Waals surface area (Å²) in [5, 5.41) is 8.11. The van der Waals surface area contributed by atoms with E-state index in [1.54, 1.807) is 17.0 Å². The number of aryl methyl sites for hydroxylation is 1. The first-order valence-corrected chi connectivity index (χ1v) is 9.15.